The molecule has 4 rings (SSSR count). The number of hydrogen-bond acceptors (Lipinski definition) is 5. The molecule has 150 valence electrons. The largest absolute Gasteiger partial charge is 0.465 e. The number of carbonyl (C=O) groups is 2. The van der Waals surface area contributed by atoms with E-state index in [1.807, 2.05) is 17.5 Å². The number of thiophene rings is 1. The molecule has 2 aromatic rings. The second kappa shape index (κ2) is 7.95. The SMILES string of the molecule is C=C1NC2=C(C(=O)CC(c3cccs3)C2)C(c2ccc(F)cc2)C1C(=O)OCC. The Hall–Kier alpha value is -2.73. The molecule has 0 fully saturated rings. The number of Topliss-reactive ketones (excluding diaryl/α,β-unsaturated/α-hetero) is 1. The average molecular weight is 411 g/mol. The molecule has 1 aromatic carbocycles. The van der Waals surface area contributed by atoms with Gasteiger partial charge in [-0.15, -0.1) is 11.3 Å². The average Bonchev–Trinajstić information content (AvgIpc) is 3.22. The van der Waals surface area contributed by atoms with Gasteiger partial charge in [0.25, 0.3) is 0 Å². The van der Waals surface area contributed by atoms with E-state index < -0.39 is 17.8 Å². The lowest BCUT2D eigenvalue weighted by Crippen LogP contribution is -2.42. The molecule has 3 unspecified atom stereocenters. The van der Waals surface area contributed by atoms with Gasteiger partial charge in [0.15, 0.2) is 5.78 Å². The lowest BCUT2D eigenvalue weighted by molar-refractivity contribution is -0.147. The molecule has 0 spiro atoms. The highest BCUT2D eigenvalue weighted by atomic mass is 32.1. The van der Waals surface area contributed by atoms with Gasteiger partial charge in [0, 0.05) is 40.1 Å². The van der Waals surface area contributed by atoms with Gasteiger partial charge in [-0.2, -0.15) is 0 Å². The van der Waals surface area contributed by atoms with Crippen molar-refractivity contribution in [3.05, 3.63) is 81.6 Å². The fourth-order valence-corrected chi connectivity index (χ4v) is 5.14. The molecule has 0 radical (unpaired) electrons. The topological polar surface area (TPSA) is 55.4 Å². The first kappa shape index (κ1) is 19.6. The summed E-state index contributed by atoms with van der Waals surface area (Å²) in [6, 6.07) is 10.0. The third-order valence-corrected chi connectivity index (χ3v) is 6.59. The van der Waals surface area contributed by atoms with E-state index in [0.29, 0.717) is 29.7 Å². The van der Waals surface area contributed by atoms with E-state index in [9.17, 15) is 14.0 Å². The number of halogens is 1. The quantitative estimate of drug-likeness (QED) is 0.743. The molecular formula is C23H22FNO3S. The van der Waals surface area contributed by atoms with Crippen molar-refractivity contribution < 1.29 is 18.7 Å². The van der Waals surface area contributed by atoms with Gasteiger partial charge < -0.3 is 10.1 Å². The van der Waals surface area contributed by atoms with Gasteiger partial charge in [0.05, 0.1) is 6.61 Å². The Kier molecular flexibility index (Phi) is 5.37. The van der Waals surface area contributed by atoms with Crippen molar-refractivity contribution in [2.45, 2.75) is 31.6 Å². The maximum Gasteiger partial charge on any atom is 0.315 e. The molecule has 0 saturated carbocycles. The van der Waals surface area contributed by atoms with Gasteiger partial charge in [0.1, 0.15) is 11.7 Å². The predicted octanol–water partition coefficient (Wildman–Crippen LogP) is 4.67. The first-order valence-corrected chi connectivity index (χ1v) is 10.5. The maximum atomic E-state index is 13.5. The smallest absolute Gasteiger partial charge is 0.315 e. The molecule has 2 heterocycles. The molecule has 1 N–H and O–H groups in total. The van der Waals surface area contributed by atoms with Crippen molar-refractivity contribution in [2.24, 2.45) is 5.92 Å². The summed E-state index contributed by atoms with van der Waals surface area (Å²) in [5.74, 6) is -1.95. The van der Waals surface area contributed by atoms with E-state index in [1.165, 1.54) is 17.0 Å². The second-order valence-corrected chi connectivity index (χ2v) is 8.32. The summed E-state index contributed by atoms with van der Waals surface area (Å²) in [6.07, 6.45) is 1.06. The maximum absolute atomic E-state index is 13.5. The van der Waals surface area contributed by atoms with E-state index in [0.717, 1.165) is 5.70 Å². The molecule has 3 atom stereocenters. The minimum atomic E-state index is -0.735. The van der Waals surface area contributed by atoms with Crippen LogP contribution >= 0.6 is 11.3 Å². The lowest BCUT2D eigenvalue weighted by Gasteiger charge is -2.39. The third-order valence-electron chi connectivity index (χ3n) is 5.55. The fourth-order valence-electron chi connectivity index (χ4n) is 4.31. The van der Waals surface area contributed by atoms with Crippen LogP contribution in [0, 0.1) is 11.7 Å². The Morgan fingerprint density at radius 3 is 2.69 bits per heavy atom. The van der Waals surface area contributed by atoms with Crippen LogP contribution < -0.4 is 5.32 Å². The molecule has 2 aliphatic rings. The zero-order valence-corrected chi connectivity index (χ0v) is 16.9. The zero-order valence-electron chi connectivity index (χ0n) is 16.1. The molecule has 29 heavy (non-hydrogen) atoms. The molecule has 0 amide bonds. The normalized spacial score (nSPS) is 24.1. The number of carbonyl (C=O) groups excluding carboxylic acids is 2. The Morgan fingerprint density at radius 2 is 2.03 bits per heavy atom. The van der Waals surface area contributed by atoms with Crippen molar-refractivity contribution in [3.8, 4) is 0 Å². The van der Waals surface area contributed by atoms with E-state index in [1.54, 1.807) is 30.4 Å². The van der Waals surface area contributed by atoms with Crippen LogP contribution in [0.15, 0.2) is 65.3 Å². The first-order valence-electron chi connectivity index (χ1n) is 9.67. The molecule has 1 aliphatic carbocycles. The number of esters is 1. The molecule has 0 bridgehead atoms. The van der Waals surface area contributed by atoms with Crippen molar-refractivity contribution in [2.75, 3.05) is 6.61 Å². The molecule has 1 aliphatic heterocycles. The van der Waals surface area contributed by atoms with Gasteiger partial charge >= 0.3 is 5.97 Å². The van der Waals surface area contributed by atoms with Crippen LogP contribution in [0.2, 0.25) is 0 Å². The summed E-state index contributed by atoms with van der Waals surface area (Å²) in [5, 5.41) is 5.24. The second-order valence-electron chi connectivity index (χ2n) is 7.35. The Morgan fingerprint density at radius 1 is 1.28 bits per heavy atom. The van der Waals surface area contributed by atoms with Crippen molar-refractivity contribution in [1.82, 2.24) is 5.32 Å². The molecule has 0 saturated heterocycles. The first-order chi connectivity index (χ1) is 14.0. The van der Waals surface area contributed by atoms with Crippen LogP contribution in [0.25, 0.3) is 0 Å². The van der Waals surface area contributed by atoms with Crippen LogP contribution in [0.4, 0.5) is 4.39 Å². The van der Waals surface area contributed by atoms with Crippen molar-refractivity contribution in [1.29, 1.82) is 0 Å². The number of benzene rings is 1. The minimum Gasteiger partial charge on any atom is -0.465 e. The van der Waals surface area contributed by atoms with Gasteiger partial charge in [0.2, 0.25) is 0 Å². The molecule has 1 aromatic heterocycles. The van der Waals surface area contributed by atoms with Crippen LogP contribution in [0.5, 0.6) is 0 Å². The number of ether oxygens (including phenoxy) is 1. The lowest BCUT2D eigenvalue weighted by atomic mass is 9.69. The summed E-state index contributed by atoms with van der Waals surface area (Å²) >= 11 is 1.64. The van der Waals surface area contributed by atoms with E-state index >= 15 is 0 Å². The Balaban J connectivity index is 1.80. The summed E-state index contributed by atoms with van der Waals surface area (Å²) < 4.78 is 18.8. The zero-order chi connectivity index (χ0) is 20.5. The van der Waals surface area contributed by atoms with E-state index in [2.05, 4.69) is 11.9 Å². The van der Waals surface area contributed by atoms with Crippen LogP contribution in [-0.4, -0.2) is 18.4 Å². The Bertz CT molecular complexity index is 978. The van der Waals surface area contributed by atoms with Crippen LogP contribution in [0.3, 0.4) is 0 Å². The number of ketones is 1. The summed E-state index contributed by atoms with van der Waals surface area (Å²) in [7, 11) is 0. The molecular weight excluding hydrogens is 389 g/mol. The highest BCUT2D eigenvalue weighted by molar-refractivity contribution is 7.10. The standard InChI is InChI=1S/C23H22FNO3S/c1-3-28-23(27)20-13(2)25-17-11-15(19-5-4-10-29-19)12-18(26)22(17)21(20)14-6-8-16(24)9-7-14/h4-10,15,20-21,25H,2-3,11-12H2,1H3. The summed E-state index contributed by atoms with van der Waals surface area (Å²) in [5.41, 5.74) is 2.62. The summed E-state index contributed by atoms with van der Waals surface area (Å²) in [4.78, 5) is 27.2. The van der Waals surface area contributed by atoms with Gasteiger partial charge in [-0.05, 0) is 42.5 Å². The van der Waals surface area contributed by atoms with Crippen LogP contribution in [-0.2, 0) is 14.3 Å². The number of allylic oxidation sites excluding steroid dienone is 2. The van der Waals surface area contributed by atoms with Gasteiger partial charge in [-0.25, -0.2) is 4.39 Å². The monoisotopic (exact) mass is 411 g/mol. The predicted molar refractivity (Wildman–Crippen MR) is 110 cm³/mol. The number of rotatable bonds is 4. The van der Waals surface area contributed by atoms with E-state index in [4.69, 9.17) is 4.74 Å². The van der Waals surface area contributed by atoms with E-state index in [-0.39, 0.29) is 24.1 Å². The number of hydrogen-bond donors (Lipinski definition) is 1. The van der Waals surface area contributed by atoms with Crippen LogP contribution in [0.1, 0.15) is 42.0 Å². The highest BCUT2D eigenvalue weighted by Gasteiger charge is 2.45. The van der Waals surface area contributed by atoms with Gasteiger partial charge in [-0.3, -0.25) is 9.59 Å². The minimum absolute atomic E-state index is 0.00766. The Labute approximate surface area is 173 Å². The molecule has 6 heteroatoms. The number of nitrogens with one attached hydrogen (secondary N) is 1. The molecule has 4 nitrogen and oxygen atoms in total. The summed E-state index contributed by atoms with van der Waals surface area (Å²) in [6.45, 7) is 6.04. The van der Waals surface area contributed by atoms with Crippen molar-refractivity contribution in [3.63, 3.8) is 0 Å². The fraction of sp³-hybridized carbons (Fsp3) is 0.304. The van der Waals surface area contributed by atoms with Gasteiger partial charge in [-0.1, -0.05) is 24.8 Å². The third kappa shape index (κ3) is 3.65. The highest BCUT2D eigenvalue weighted by Crippen LogP contribution is 2.47. The van der Waals surface area contributed by atoms with Crippen molar-refractivity contribution >= 4 is 23.1 Å².